The Morgan fingerprint density at radius 3 is 2.72 bits per heavy atom. The molecule has 18 heavy (non-hydrogen) atoms. The van der Waals surface area contributed by atoms with Crippen LogP contribution in [0, 0.1) is 5.92 Å². The molecule has 1 aromatic heterocycles. The van der Waals surface area contributed by atoms with Crippen molar-refractivity contribution in [1.82, 2.24) is 4.98 Å². The van der Waals surface area contributed by atoms with E-state index in [2.05, 4.69) is 24.1 Å². The minimum atomic E-state index is -0.459. The number of primary amides is 1. The van der Waals surface area contributed by atoms with Crippen molar-refractivity contribution in [2.24, 2.45) is 17.4 Å². The number of carbonyl (C=O) groups is 1. The Balaban J connectivity index is 2.87. The van der Waals surface area contributed by atoms with Crippen molar-refractivity contribution in [2.45, 2.75) is 32.7 Å². The van der Waals surface area contributed by atoms with Crippen molar-refractivity contribution in [3.8, 4) is 0 Å². The third kappa shape index (κ3) is 4.00. The average molecular weight is 250 g/mol. The molecule has 1 aromatic rings. The maximum atomic E-state index is 11.1. The number of nitrogens with zero attached hydrogens (tertiary/aromatic N) is 1. The molecule has 0 bridgehead atoms. The van der Waals surface area contributed by atoms with Crippen LogP contribution in [0.25, 0.3) is 0 Å². The van der Waals surface area contributed by atoms with Gasteiger partial charge < -0.3 is 16.8 Å². The Kier molecular flexibility index (Phi) is 4.67. The summed E-state index contributed by atoms with van der Waals surface area (Å²) in [6.07, 6.45) is 2.49. The summed E-state index contributed by atoms with van der Waals surface area (Å²) in [6, 6.07) is 3.24. The molecule has 5 N–H and O–H groups in total. The Labute approximate surface area is 108 Å². The normalized spacial score (nSPS) is 14.3. The van der Waals surface area contributed by atoms with Gasteiger partial charge in [-0.15, -0.1) is 0 Å². The van der Waals surface area contributed by atoms with E-state index in [1.165, 1.54) is 0 Å². The second-order valence-corrected chi connectivity index (χ2v) is 5.28. The monoisotopic (exact) mass is 250 g/mol. The van der Waals surface area contributed by atoms with E-state index in [9.17, 15) is 4.79 Å². The van der Waals surface area contributed by atoms with Crippen molar-refractivity contribution >= 4 is 11.7 Å². The first-order valence-electron chi connectivity index (χ1n) is 6.10. The van der Waals surface area contributed by atoms with Crippen molar-refractivity contribution in [3.63, 3.8) is 0 Å². The number of nitrogens with one attached hydrogen (secondary N) is 1. The summed E-state index contributed by atoms with van der Waals surface area (Å²) >= 11 is 0. The van der Waals surface area contributed by atoms with Gasteiger partial charge in [0.1, 0.15) is 5.82 Å². The van der Waals surface area contributed by atoms with E-state index in [0.717, 1.165) is 6.42 Å². The maximum absolute atomic E-state index is 11.1. The first kappa shape index (κ1) is 14.4. The lowest BCUT2D eigenvalue weighted by Crippen LogP contribution is -2.43. The van der Waals surface area contributed by atoms with E-state index in [4.69, 9.17) is 11.5 Å². The van der Waals surface area contributed by atoms with Gasteiger partial charge in [-0.05, 0) is 31.4 Å². The van der Waals surface area contributed by atoms with Crippen LogP contribution in [0.1, 0.15) is 37.6 Å². The Morgan fingerprint density at radius 1 is 1.56 bits per heavy atom. The Hall–Kier alpha value is -1.62. The second kappa shape index (κ2) is 5.82. The van der Waals surface area contributed by atoms with E-state index in [1.807, 2.05) is 6.92 Å². The molecule has 1 heterocycles. The molecular weight excluding hydrogens is 228 g/mol. The molecule has 100 valence electrons. The summed E-state index contributed by atoms with van der Waals surface area (Å²) in [5, 5.41) is 3.29. The van der Waals surface area contributed by atoms with Gasteiger partial charge >= 0.3 is 0 Å². The molecule has 0 spiro atoms. The molecule has 0 aliphatic heterocycles. The third-order valence-electron chi connectivity index (χ3n) is 2.78. The van der Waals surface area contributed by atoms with Gasteiger partial charge in [0.05, 0.1) is 0 Å². The number of hydrogen-bond donors (Lipinski definition) is 3. The van der Waals surface area contributed by atoms with Crippen molar-refractivity contribution in [2.75, 3.05) is 11.9 Å². The number of nitrogens with two attached hydrogens (primary N) is 2. The zero-order chi connectivity index (χ0) is 13.8. The molecule has 0 aliphatic carbocycles. The highest BCUT2D eigenvalue weighted by Crippen LogP contribution is 2.20. The first-order valence-corrected chi connectivity index (χ1v) is 6.10. The van der Waals surface area contributed by atoms with Crippen LogP contribution >= 0.6 is 0 Å². The summed E-state index contributed by atoms with van der Waals surface area (Å²) in [7, 11) is 0. The lowest BCUT2D eigenvalue weighted by molar-refractivity contribution is 0.1000. The van der Waals surface area contributed by atoms with E-state index < -0.39 is 5.91 Å². The van der Waals surface area contributed by atoms with Crippen molar-refractivity contribution < 1.29 is 4.79 Å². The number of hydrogen-bond acceptors (Lipinski definition) is 4. The molecular formula is C13H22N4O. The van der Waals surface area contributed by atoms with Crippen LogP contribution in [0.2, 0.25) is 0 Å². The molecule has 0 radical (unpaired) electrons. The van der Waals surface area contributed by atoms with Crippen molar-refractivity contribution in [3.05, 3.63) is 23.9 Å². The summed E-state index contributed by atoms with van der Waals surface area (Å²) in [5.41, 5.74) is 11.3. The van der Waals surface area contributed by atoms with Crippen LogP contribution in [-0.4, -0.2) is 23.0 Å². The van der Waals surface area contributed by atoms with Gasteiger partial charge in [0.25, 0.3) is 0 Å². The van der Waals surface area contributed by atoms with Crippen LogP contribution in [0.15, 0.2) is 18.3 Å². The largest absolute Gasteiger partial charge is 0.366 e. The minimum Gasteiger partial charge on any atom is -0.366 e. The highest BCUT2D eigenvalue weighted by Gasteiger charge is 2.24. The molecule has 0 aromatic carbocycles. The zero-order valence-corrected chi connectivity index (χ0v) is 11.2. The zero-order valence-electron chi connectivity index (χ0n) is 11.2. The van der Waals surface area contributed by atoms with Crippen LogP contribution in [-0.2, 0) is 0 Å². The summed E-state index contributed by atoms with van der Waals surface area (Å²) in [5.74, 6) is 0.684. The van der Waals surface area contributed by atoms with E-state index in [1.54, 1.807) is 18.3 Å². The van der Waals surface area contributed by atoms with Gasteiger partial charge in [-0.2, -0.15) is 0 Å². The number of carbonyl (C=O) groups excluding carboxylic acids is 1. The molecule has 0 aliphatic rings. The molecule has 0 saturated heterocycles. The lowest BCUT2D eigenvalue weighted by Gasteiger charge is -2.31. The van der Waals surface area contributed by atoms with E-state index in [-0.39, 0.29) is 5.54 Å². The van der Waals surface area contributed by atoms with Crippen LogP contribution in [0.4, 0.5) is 5.82 Å². The number of aromatic nitrogens is 1. The fourth-order valence-electron chi connectivity index (χ4n) is 2.05. The highest BCUT2D eigenvalue weighted by molar-refractivity contribution is 5.93. The second-order valence-electron chi connectivity index (χ2n) is 5.28. The highest BCUT2D eigenvalue weighted by atomic mass is 16.1. The van der Waals surface area contributed by atoms with Gasteiger partial charge in [-0.25, -0.2) is 4.98 Å². The van der Waals surface area contributed by atoms with Gasteiger partial charge in [-0.1, -0.05) is 13.8 Å². The standard InChI is InChI=1S/C13H22N4O/c1-9(2)7-13(3,8-14)17-11-6-10(12(15)18)4-5-16-11/h4-6,9H,7-8,14H2,1-3H3,(H2,15,18)(H,16,17). The summed E-state index contributed by atoms with van der Waals surface area (Å²) < 4.78 is 0. The third-order valence-corrected chi connectivity index (χ3v) is 2.78. The molecule has 5 heteroatoms. The van der Waals surface area contributed by atoms with Crippen molar-refractivity contribution in [1.29, 1.82) is 0 Å². The van der Waals surface area contributed by atoms with Crippen LogP contribution in [0.5, 0.6) is 0 Å². The number of anilines is 1. The Morgan fingerprint density at radius 2 is 2.22 bits per heavy atom. The fraction of sp³-hybridized carbons (Fsp3) is 0.538. The molecule has 1 amide bonds. The topological polar surface area (TPSA) is 94.0 Å². The maximum Gasteiger partial charge on any atom is 0.248 e. The van der Waals surface area contributed by atoms with E-state index in [0.29, 0.717) is 23.8 Å². The molecule has 1 unspecified atom stereocenters. The predicted octanol–water partition coefficient (Wildman–Crippen LogP) is 1.36. The molecule has 5 nitrogen and oxygen atoms in total. The van der Waals surface area contributed by atoms with Gasteiger partial charge in [0, 0.05) is 23.8 Å². The molecule has 1 atom stereocenters. The fourth-order valence-corrected chi connectivity index (χ4v) is 2.05. The first-order chi connectivity index (χ1) is 8.36. The number of amides is 1. The lowest BCUT2D eigenvalue weighted by atomic mass is 9.91. The van der Waals surface area contributed by atoms with Crippen LogP contribution in [0.3, 0.4) is 0 Å². The average Bonchev–Trinajstić information content (AvgIpc) is 2.28. The SMILES string of the molecule is CC(C)CC(C)(CN)Nc1cc(C(N)=O)ccn1. The summed E-state index contributed by atoms with van der Waals surface area (Å²) in [6.45, 7) is 6.82. The van der Waals surface area contributed by atoms with E-state index >= 15 is 0 Å². The quantitative estimate of drug-likeness (QED) is 0.710. The van der Waals surface area contributed by atoms with Crippen LogP contribution < -0.4 is 16.8 Å². The number of pyridine rings is 1. The van der Waals surface area contributed by atoms with Gasteiger partial charge in [0.2, 0.25) is 5.91 Å². The Bertz CT molecular complexity index is 419. The number of rotatable bonds is 6. The smallest absolute Gasteiger partial charge is 0.248 e. The van der Waals surface area contributed by atoms with Gasteiger partial charge in [0.15, 0.2) is 0 Å². The molecule has 1 rings (SSSR count). The predicted molar refractivity (Wildman–Crippen MR) is 73.3 cm³/mol. The minimum absolute atomic E-state index is 0.239. The van der Waals surface area contributed by atoms with Gasteiger partial charge in [-0.3, -0.25) is 4.79 Å². The molecule has 0 saturated carbocycles. The summed E-state index contributed by atoms with van der Waals surface area (Å²) in [4.78, 5) is 15.3. The molecule has 0 fully saturated rings.